The number of rotatable bonds is 3. The van der Waals surface area contributed by atoms with Crippen LogP contribution in [-0.4, -0.2) is 30.1 Å². The summed E-state index contributed by atoms with van der Waals surface area (Å²) in [6.07, 6.45) is 10.6. The van der Waals surface area contributed by atoms with Crippen LogP contribution in [0.3, 0.4) is 0 Å². The second-order valence-electron chi connectivity index (χ2n) is 7.11. The highest BCUT2D eigenvalue weighted by Crippen LogP contribution is 2.36. The lowest BCUT2D eigenvalue weighted by atomic mass is 9.77. The van der Waals surface area contributed by atoms with Crippen molar-refractivity contribution < 1.29 is 0 Å². The molecule has 0 saturated heterocycles. The van der Waals surface area contributed by atoms with Crippen LogP contribution >= 0.6 is 0 Å². The third-order valence-corrected chi connectivity index (χ3v) is 5.81. The van der Waals surface area contributed by atoms with E-state index >= 15 is 0 Å². The zero-order valence-corrected chi connectivity index (χ0v) is 13.4. The van der Waals surface area contributed by atoms with Crippen molar-refractivity contribution in [2.75, 3.05) is 7.05 Å². The van der Waals surface area contributed by atoms with Crippen LogP contribution in [0, 0.1) is 0 Å². The van der Waals surface area contributed by atoms with Crippen molar-refractivity contribution in [2.45, 2.75) is 75.4 Å². The molecule has 2 N–H and O–H groups in total. The van der Waals surface area contributed by atoms with Gasteiger partial charge in [-0.25, -0.2) is 0 Å². The summed E-state index contributed by atoms with van der Waals surface area (Å²) in [5, 5.41) is 0. The molecule has 0 aliphatic heterocycles. The van der Waals surface area contributed by atoms with Gasteiger partial charge in [-0.3, -0.25) is 4.90 Å². The summed E-state index contributed by atoms with van der Waals surface area (Å²) in [4.78, 5) is 2.64. The fraction of sp³-hybridized carbons (Fsp3) is 0.684. The monoisotopic (exact) mass is 286 g/mol. The average molecular weight is 286 g/mol. The Morgan fingerprint density at radius 1 is 0.952 bits per heavy atom. The lowest BCUT2D eigenvalue weighted by molar-refractivity contribution is 0.0905. The molecular weight excluding hydrogens is 256 g/mol. The normalized spacial score (nSPS) is 31.5. The first-order chi connectivity index (χ1) is 10.3. The lowest BCUT2D eigenvalue weighted by Crippen LogP contribution is -2.53. The predicted molar refractivity (Wildman–Crippen MR) is 89.4 cm³/mol. The number of hydrogen-bond donors (Lipinski definition) is 1. The van der Waals surface area contributed by atoms with Crippen LogP contribution in [0.2, 0.25) is 0 Å². The van der Waals surface area contributed by atoms with E-state index in [2.05, 4.69) is 42.3 Å². The molecule has 116 valence electrons. The van der Waals surface area contributed by atoms with Gasteiger partial charge in [-0.05, 0) is 50.6 Å². The van der Waals surface area contributed by atoms with Crippen molar-refractivity contribution >= 4 is 0 Å². The smallest absolute Gasteiger partial charge is 0.0252 e. The largest absolute Gasteiger partial charge is 0.326 e. The summed E-state index contributed by atoms with van der Waals surface area (Å²) < 4.78 is 0. The van der Waals surface area contributed by atoms with Crippen LogP contribution in [-0.2, 0) is 0 Å². The molecule has 1 aromatic carbocycles. The average Bonchev–Trinajstić information content (AvgIpc) is 2.56. The maximum Gasteiger partial charge on any atom is 0.0252 e. The quantitative estimate of drug-likeness (QED) is 0.912. The molecule has 0 spiro atoms. The van der Waals surface area contributed by atoms with Crippen molar-refractivity contribution in [2.24, 2.45) is 5.73 Å². The number of nitrogens with two attached hydrogens (primary N) is 1. The summed E-state index contributed by atoms with van der Waals surface area (Å²) in [6.45, 7) is 0. The maximum absolute atomic E-state index is 6.49. The van der Waals surface area contributed by atoms with Gasteiger partial charge in [0, 0.05) is 18.1 Å². The third kappa shape index (κ3) is 3.49. The van der Waals surface area contributed by atoms with Gasteiger partial charge in [0.15, 0.2) is 0 Å². The number of nitrogens with zero attached hydrogens (tertiary/aromatic N) is 1. The molecule has 2 aliphatic carbocycles. The molecular formula is C19H30N2. The minimum atomic E-state index is 0.358. The molecule has 0 amide bonds. The molecule has 2 fully saturated rings. The van der Waals surface area contributed by atoms with E-state index in [1.807, 2.05) is 0 Å². The van der Waals surface area contributed by atoms with Gasteiger partial charge in [-0.2, -0.15) is 0 Å². The van der Waals surface area contributed by atoms with Crippen LogP contribution in [0.25, 0.3) is 0 Å². The van der Waals surface area contributed by atoms with Crippen molar-refractivity contribution in [3.8, 4) is 0 Å². The minimum Gasteiger partial charge on any atom is -0.326 e. The van der Waals surface area contributed by atoms with E-state index in [0.717, 1.165) is 6.04 Å². The molecule has 2 aliphatic rings. The first kappa shape index (κ1) is 15.1. The Kier molecular flexibility index (Phi) is 4.97. The van der Waals surface area contributed by atoms with E-state index in [4.69, 9.17) is 5.73 Å². The van der Waals surface area contributed by atoms with Crippen LogP contribution in [0.15, 0.2) is 30.3 Å². The first-order valence-corrected chi connectivity index (χ1v) is 8.78. The molecule has 3 rings (SSSR count). The van der Waals surface area contributed by atoms with Crippen molar-refractivity contribution in [3.05, 3.63) is 35.9 Å². The molecule has 2 saturated carbocycles. The Morgan fingerprint density at radius 3 is 2.38 bits per heavy atom. The van der Waals surface area contributed by atoms with Gasteiger partial charge < -0.3 is 5.73 Å². The Labute approximate surface area is 129 Å². The Morgan fingerprint density at radius 2 is 1.67 bits per heavy atom. The van der Waals surface area contributed by atoms with E-state index in [-0.39, 0.29) is 0 Å². The van der Waals surface area contributed by atoms with Crippen LogP contribution in [0.4, 0.5) is 0 Å². The van der Waals surface area contributed by atoms with Crippen molar-refractivity contribution in [3.63, 3.8) is 0 Å². The second-order valence-corrected chi connectivity index (χ2v) is 7.11. The van der Waals surface area contributed by atoms with E-state index in [0.29, 0.717) is 18.0 Å². The second kappa shape index (κ2) is 6.93. The molecule has 2 heteroatoms. The number of benzene rings is 1. The van der Waals surface area contributed by atoms with Gasteiger partial charge in [0.25, 0.3) is 0 Å². The van der Waals surface area contributed by atoms with Gasteiger partial charge >= 0.3 is 0 Å². The fourth-order valence-corrected chi connectivity index (χ4v) is 4.43. The van der Waals surface area contributed by atoms with Crippen molar-refractivity contribution in [1.29, 1.82) is 0 Å². The molecule has 0 bridgehead atoms. The van der Waals surface area contributed by atoms with Crippen LogP contribution < -0.4 is 5.73 Å². The predicted octanol–water partition coefficient (Wildman–Crippen LogP) is 3.91. The molecule has 0 radical (unpaired) electrons. The highest BCUT2D eigenvalue weighted by Gasteiger charge is 2.34. The molecule has 0 heterocycles. The number of likely N-dealkylation sites (N-methyl/N-ethyl adjacent to an activating group) is 1. The third-order valence-electron chi connectivity index (χ3n) is 5.81. The zero-order chi connectivity index (χ0) is 14.7. The fourth-order valence-electron chi connectivity index (χ4n) is 4.43. The van der Waals surface area contributed by atoms with Gasteiger partial charge in [-0.15, -0.1) is 0 Å². The van der Waals surface area contributed by atoms with E-state index in [1.165, 1.54) is 56.9 Å². The first-order valence-electron chi connectivity index (χ1n) is 8.78. The van der Waals surface area contributed by atoms with Crippen molar-refractivity contribution in [1.82, 2.24) is 4.90 Å². The van der Waals surface area contributed by atoms with Gasteiger partial charge in [0.05, 0.1) is 0 Å². The Hall–Kier alpha value is -0.860. The molecule has 21 heavy (non-hydrogen) atoms. The minimum absolute atomic E-state index is 0.358. The van der Waals surface area contributed by atoms with Gasteiger partial charge in [-0.1, -0.05) is 49.6 Å². The van der Waals surface area contributed by atoms with Crippen LogP contribution in [0.5, 0.6) is 0 Å². The molecule has 0 aromatic heterocycles. The highest BCUT2D eigenvalue weighted by molar-refractivity contribution is 5.21. The highest BCUT2D eigenvalue weighted by atomic mass is 15.2. The lowest BCUT2D eigenvalue weighted by Gasteiger charge is -2.44. The van der Waals surface area contributed by atoms with Gasteiger partial charge in [0.2, 0.25) is 0 Å². The Balaban J connectivity index is 1.68. The maximum atomic E-state index is 6.49. The van der Waals surface area contributed by atoms with Crippen LogP contribution in [0.1, 0.15) is 62.8 Å². The molecule has 1 aromatic rings. The SMILES string of the molecule is CN(C1CCCCC1)C1CC(c2ccccc2)CCC1N. The Bertz CT molecular complexity index is 424. The number of hydrogen-bond acceptors (Lipinski definition) is 2. The molecule has 3 unspecified atom stereocenters. The van der Waals surface area contributed by atoms with Gasteiger partial charge in [0.1, 0.15) is 0 Å². The summed E-state index contributed by atoms with van der Waals surface area (Å²) >= 11 is 0. The molecule has 3 atom stereocenters. The van der Waals surface area contributed by atoms with E-state index in [1.54, 1.807) is 0 Å². The zero-order valence-electron chi connectivity index (χ0n) is 13.4. The standard InChI is InChI=1S/C19H30N2/c1-21(17-10-6-3-7-11-17)19-14-16(12-13-18(19)20)15-8-4-2-5-9-15/h2,4-5,8-9,16-19H,3,6-7,10-14,20H2,1H3. The molecule has 2 nitrogen and oxygen atoms in total. The van der Waals surface area contributed by atoms with E-state index < -0.39 is 0 Å². The summed E-state index contributed by atoms with van der Waals surface area (Å²) in [7, 11) is 2.33. The summed E-state index contributed by atoms with van der Waals surface area (Å²) in [5.74, 6) is 0.696. The topological polar surface area (TPSA) is 29.3 Å². The summed E-state index contributed by atoms with van der Waals surface area (Å²) in [6, 6.07) is 12.7. The van der Waals surface area contributed by atoms with E-state index in [9.17, 15) is 0 Å². The summed E-state index contributed by atoms with van der Waals surface area (Å²) in [5.41, 5.74) is 7.99.